The molecule has 0 radical (unpaired) electrons. The molecule has 2 aliphatic rings. The Morgan fingerprint density at radius 1 is 1.12 bits per heavy atom. The summed E-state index contributed by atoms with van der Waals surface area (Å²) < 4.78 is 71.6. The Kier molecular flexibility index (Phi) is 9.79. The molecule has 3 aromatic rings. The standard InChI is InChI=1S/C33H32ClF5N6O3/c1-18-11-21(33(37,38)39)15-26(40-18)45-28(47)14-20-17-44(31-22(34)7-5-8-25(31)43(4)32(48)30(20)45)16-19-12-23(35)29(24(36)13-19)41-27(46)9-6-10-42(2)3/h5-9,11-13,15,20,30H,10,14,16-17H2,1-4H3,(H,41,46)/b9-6+/t20-,30+/m1/s1. The maximum absolute atomic E-state index is 15.2. The van der Waals surface area contributed by atoms with Gasteiger partial charge in [0, 0.05) is 50.8 Å². The first-order valence-electron chi connectivity index (χ1n) is 14.8. The van der Waals surface area contributed by atoms with Gasteiger partial charge in [0.1, 0.15) is 29.2 Å². The summed E-state index contributed by atoms with van der Waals surface area (Å²) in [5.74, 6) is -5.01. The number of nitrogens with one attached hydrogen (secondary N) is 1. The lowest BCUT2D eigenvalue weighted by atomic mass is 9.95. The molecule has 254 valence electrons. The van der Waals surface area contributed by atoms with Crippen molar-refractivity contribution in [2.45, 2.75) is 32.1 Å². The Balaban J connectivity index is 1.51. The van der Waals surface area contributed by atoms with Crippen LogP contribution in [0.5, 0.6) is 0 Å². The summed E-state index contributed by atoms with van der Waals surface area (Å²) in [6, 6.07) is 7.26. The second kappa shape index (κ2) is 13.5. The van der Waals surface area contributed by atoms with Crippen LogP contribution in [0.25, 0.3) is 0 Å². The lowest BCUT2D eigenvalue weighted by molar-refractivity contribution is -0.137. The molecule has 2 aliphatic heterocycles. The molecule has 0 bridgehead atoms. The van der Waals surface area contributed by atoms with Crippen molar-refractivity contribution in [3.63, 3.8) is 0 Å². The summed E-state index contributed by atoms with van der Waals surface area (Å²) in [6.45, 7) is 1.64. The van der Waals surface area contributed by atoms with Gasteiger partial charge in [-0.05, 0) is 63.0 Å². The lowest BCUT2D eigenvalue weighted by Gasteiger charge is -2.39. The SMILES string of the molecule is Cc1cc(C(F)(F)F)cc(N2C(=O)C[C@@H]3CN(Cc4cc(F)c(NC(=O)/C=C/CN(C)C)c(F)c4)c4c(Cl)cccc4N(C)C(=O)[C@H]32)n1. The van der Waals surface area contributed by atoms with E-state index in [0.29, 0.717) is 17.9 Å². The zero-order valence-electron chi connectivity index (χ0n) is 26.4. The summed E-state index contributed by atoms with van der Waals surface area (Å²) in [5.41, 5.74) is -0.811. The van der Waals surface area contributed by atoms with Crippen molar-refractivity contribution in [2.24, 2.45) is 5.92 Å². The molecule has 0 saturated carbocycles. The van der Waals surface area contributed by atoms with Gasteiger partial charge in [-0.15, -0.1) is 0 Å². The second-order valence-corrected chi connectivity index (χ2v) is 12.4. The van der Waals surface area contributed by atoms with Gasteiger partial charge >= 0.3 is 6.18 Å². The Bertz CT molecular complexity index is 1780. The average molecular weight is 691 g/mol. The number of likely N-dealkylation sites (N-methyl/N-ethyl adjacent to an activating group) is 2. The van der Waals surface area contributed by atoms with Crippen LogP contribution in [0.3, 0.4) is 0 Å². The van der Waals surface area contributed by atoms with Crippen molar-refractivity contribution in [3.05, 3.63) is 88.1 Å². The highest BCUT2D eigenvalue weighted by molar-refractivity contribution is 6.34. The fourth-order valence-electron chi connectivity index (χ4n) is 6.00. The average Bonchev–Trinajstić information content (AvgIpc) is 3.31. The predicted octanol–water partition coefficient (Wildman–Crippen LogP) is 5.80. The molecule has 1 aromatic heterocycles. The third kappa shape index (κ3) is 7.14. The number of hydrogen-bond acceptors (Lipinski definition) is 6. The number of alkyl halides is 3. The molecule has 15 heteroatoms. The molecule has 5 rings (SSSR count). The van der Waals surface area contributed by atoms with Crippen LogP contribution in [-0.2, 0) is 27.1 Å². The van der Waals surface area contributed by atoms with Gasteiger partial charge in [-0.2, -0.15) is 13.2 Å². The lowest BCUT2D eigenvalue weighted by Crippen LogP contribution is -2.52. The van der Waals surface area contributed by atoms with Gasteiger partial charge in [0.15, 0.2) is 0 Å². The van der Waals surface area contributed by atoms with Crippen molar-refractivity contribution >= 4 is 52.2 Å². The van der Waals surface area contributed by atoms with Crippen LogP contribution in [-0.4, -0.2) is 67.9 Å². The number of hydrogen-bond donors (Lipinski definition) is 1. The van der Waals surface area contributed by atoms with Crippen molar-refractivity contribution < 1.29 is 36.3 Å². The smallest absolute Gasteiger partial charge is 0.364 e. The van der Waals surface area contributed by atoms with Crippen LogP contribution in [0.4, 0.5) is 44.8 Å². The number of carbonyl (C=O) groups excluding carboxylic acids is 3. The van der Waals surface area contributed by atoms with E-state index in [4.69, 9.17) is 11.6 Å². The van der Waals surface area contributed by atoms with Crippen molar-refractivity contribution in [3.8, 4) is 0 Å². The second-order valence-electron chi connectivity index (χ2n) is 12.0. The molecule has 48 heavy (non-hydrogen) atoms. The number of aromatic nitrogens is 1. The van der Waals surface area contributed by atoms with E-state index in [2.05, 4.69) is 10.3 Å². The molecular formula is C33H32ClF5N6O3. The molecule has 2 aromatic carbocycles. The fraction of sp³-hybridized carbons (Fsp3) is 0.333. The summed E-state index contributed by atoms with van der Waals surface area (Å²) in [7, 11) is 5.04. The third-order valence-electron chi connectivity index (χ3n) is 8.09. The minimum atomic E-state index is -4.72. The largest absolute Gasteiger partial charge is 0.416 e. The molecule has 1 saturated heterocycles. The number of carbonyl (C=O) groups is 3. The van der Waals surface area contributed by atoms with E-state index in [1.54, 1.807) is 42.1 Å². The van der Waals surface area contributed by atoms with Gasteiger partial charge in [-0.3, -0.25) is 19.3 Å². The fourth-order valence-corrected chi connectivity index (χ4v) is 6.29. The van der Waals surface area contributed by atoms with Gasteiger partial charge in [-0.1, -0.05) is 23.7 Å². The maximum Gasteiger partial charge on any atom is 0.416 e. The highest BCUT2D eigenvalue weighted by atomic mass is 35.5. The monoisotopic (exact) mass is 690 g/mol. The summed E-state index contributed by atoms with van der Waals surface area (Å²) >= 11 is 6.64. The molecule has 2 atom stereocenters. The van der Waals surface area contributed by atoms with Crippen molar-refractivity contribution in [2.75, 3.05) is 54.2 Å². The van der Waals surface area contributed by atoms with Gasteiger partial charge < -0.3 is 20.0 Å². The highest BCUT2D eigenvalue weighted by Gasteiger charge is 2.49. The summed E-state index contributed by atoms with van der Waals surface area (Å²) in [4.78, 5) is 49.6. The number of fused-ring (bicyclic) bond motifs is 2. The molecule has 3 amide bonds. The van der Waals surface area contributed by atoms with Crippen molar-refractivity contribution in [1.29, 1.82) is 0 Å². The number of aryl methyl sites for hydroxylation is 1. The molecule has 9 nitrogen and oxygen atoms in total. The van der Waals surface area contributed by atoms with E-state index in [1.807, 2.05) is 0 Å². The number of halogens is 6. The highest BCUT2D eigenvalue weighted by Crippen LogP contribution is 2.43. The predicted molar refractivity (Wildman–Crippen MR) is 172 cm³/mol. The number of pyridine rings is 1. The quantitative estimate of drug-likeness (QED) is 0.249. The van der Waals surface area contributed by atoms with Crippen LogP contribution in [0.15, 0.2) is 54.6 Å². The van der Waals surface area contributed by atoms with Crippen LogP contribution >= 0.6 is 11.6 Å². The Morgan fingerprint density at radius 2 is 1.81 bits per heavy atom. The minimum Gasteiger partial charge on any atom is -0.364 e. The van der Waals surface area contributed by atoms with Gasteiger partial charge in [0.05, 0.1) is 22.0 Å². The molecular weight excluding hydrogens is 659 g/mol. The van der Waals surface area contributed by atoms with Crippen LogP contribution < -0.4 is 20.0 Å². The zero-order chi connectivity index (χ0) is 35.1. The van der Waals surface area contributed by atoms with Crippen LogP contribution in [0, 0.1) is 24.5 Å². The van der Waals surface area contributed by atoms with E-state index in [0.717, 1.165) is 29.2 Å². The Morgan fingerprint density at radius 3 is 2.46 bits per heavy atom. The van der Waals surface area contributed by atoms with Crippen LogP contribution in [0.1, 0.15) is 23.2 Å². The molecule has 1 N–H and O–H groups in total. The van der Waals surface area contributed by atoms with E-state index in [9.17, 15) is 27.6 Å². The molecule has 1 fully saturated rings. The van der Waals surface area contributed by atoms with E-state index < -0.39 is 58.7 Å². The summed E-state index contributed by atoms with van der Waals surface area (Å²) in [5, 5.41) is 2.44. The molecule has 0 unspecified atom stereocenters. The maximum atomic E-state index is 15.2. The third-order valence-corrected chi connectivity index (χ3v) is 8.39. The molecule has 0 aliphatic carbocycles. The minimum absolute atomic E-state index is 0.00903. The Hall–Kier alpha value is -4.56. The topological polar surface area (TPSA) is 89.1 Å². The first-order chi connectivity index (χ1) is 22.5. The molecule has 0 spiro atoms. The van der Waals surface area contributed by atoms with Crippen LogP contribution in [0.2, 0.25) is 5.02 Å². The number of anilines is 4. The van der Waals surface area contributed by atoms with E-state index in [-0.39, 0.29) is 41.6 Å². The number of nitrogens with zero attached hydrogens (tertiary/aromatic N) is 5. The number of benzene rings is 2. The number of rotatable bonds is 7. The van der Waals surface area contributed by atoms with E-state index in [1.165, 1.54) is 31.0 Å². The van der Waals surface area contributed by atoms with Gasteiger partial charge in [0.2, 0.25) is 17.7 Å². The summed E-state index contributed by atoms with van der Waals surface area (Å²) in [6.07, 6.45) is -2.23. The Labute approximate surface area is 278 Å². The normalized spacial score (nSPS) is 18.4. The number of amides is 3. The van der Waals surface area contributed by atoms with Gasteiger partial charge in [-0.25, -0.2) is 13.8 Å². The first-order valence-corrected chi connectivity index (χ1v) is 15.2. The van der Waals surface area contributed by atoms with E-state index >= 15 is 8.78 Å². The zero-order valence-corrected chi connectivity index (χ0v) is 27.2. The van der Waals surface area contributed by atoms with Gasteiger partial charge in [0.25, 0.3) is 0 Å². The molecule has 3 heterocycles. The number of para-hydroxylation sites is 1. The first kappa shape index (κ1) is 34.8. The van der Waals surface area contributed by atoms with Crippen molar-refractivity contribution in [1.82, 2.24) is 9.88 Å².